The van der Waals surface area contributed by atoms with Gasteiger partial charge in [-0.25, -0.2) is 0 Å². The molecule has 2 amide bonds. The highest BCUT2D eigenvalue weighted by molar-refractivity contribution is 5.94. The molecule has 2 aliphatic rings. The van der Waals surface area contributed by atoms with Crippen LogP contribution in [0.2, 0.25) is 0 Å². The summed E-state index contributed by atoms with van der Waals surface area (Å²) in [6, 6.07) is 17.3. The lowest BCUT2D eigenvalue weighted by molar-refractivity contribution is -0.132. The molecule has 2 aromatic rings. The van der Waals surface area contributed by atoms with Crippen molar-refractivity contribution in [2.45, 2.75) is 12.3 Å². The van der Waals surface area contributed by atoms with Crippen LogP contribution < -0.4 is 0 Å². The molecule has 0 bridgehead atoms. The molecule has 0 aliphatic carbocycles. The largest absolute Gasteiger partial charge is 0.339 e. The average Bonchev–Trinajstić information content (AvgIpc) is 3.11. The fourth-order valence-corrected chi connectivity index (χ4v) is 3.57. The Hall–Kier alpha value is -2.95. The highest BCUT2D eigenvalue weighted by atomic mass is 16.2. The summed E-state index contributed by atoms with van der Waals surface area (Å²) in [6.45, 7) is 2.33. The zero-order valence-electron chi connectivity index (χ0n) is 14.5. The van der Waals surface area contributed by atoms with Crippen LogP contribution in [0.4, 0.5) is 5.69 Å². The van der Waals surface area contributed by atoms with Crippen LogP contribution in [-0.2, 0) is 4.79 Å². The first-order chi connectivity index (χ1) is 12.7. The van der Waals surface area contributed by atoms with E-state index in [1.165, 1.54) is 0 Å². The van der Waals surface area contributed by atoms with Crippen LogP contribution in [-0.4, -0.2) is 54.0 Å². The molecule has 1 saturated heterocycles. The van der Waals surface area contributed by atoms with E-state index in [4.69, 9.17) is 0 Å². The summed E-state index contributed by atoms with van der Waals surface area (Å²) in [4.78, 5) is 33.3. The molecule has 0 spiro atoms. The Morgan fingerprint density at radius 3 is 2.31 bits per heavy atom. The minimum atomic E-state index is 0.0366. The highest BCUT2D eigenvalue weighted by Crippen LogP contribution is 2.33. The van der Waals surface area contributed by atoms with Crippen molar-refractivity contribution < 1.29 is 9.59 Å². The Kier molecular flexibility index (Phi) is 4.52. The van der Waals surface area contributed by atoms with Gasteiger partial charge in [0.2, 0.25) is 5.91 Å². The van der Waals surface area contributed by atoms with E-state index in [1.807, 2.05) is 70.6 Å². The number of fused-ring (bicyclic) bond motifs is 1. The zero-order valence-corrected chi connectivity index (χ0v) is 14.5. The summed E-state index contributed by atoms with van der Waals surface area (Å²) in [5, 5.41) is 0. The maximum Gasteiger partial charge on any atom is 0.253 e. The van der Waals surface area contributed by atoms with E-state index in [9.17, 15) is 9.59 Å². The standard InChI is InChI=1S/C21H21N3O2/c25-20(14-17-15-22-19-9-5-4-8-18(17)19)23-10-12-24(13-11-23)21(26)16-6-2-1-3-7-16/h1-9,15,17H,10-14H2. The SMILES string of the molecule is O=C(CC1C=Nc2ccccc21)N1CCN(C(=O)c2ccccc2)CC1. The first-order valence-electron chi connectivity index (χ1n) is 8.97. The number of para-hydroxylation sites is 1. The van der Waals surface area contributed by atoms with Gasteiger partial charge in [-0.3, -0.25) is 14.6 Å². The van der Waals surface area contributed by atoms with Crippen molar-refractivity contribution in [2.75, 3.05) is 26.2 Å². The number of benzene rings is 2. The molecule has 1 atom stereocenters. The van der Waals surface area contributed by atoms with Gasteiger partial charge in [0.05, 0.1) is 5.69 Å². The lowest BCUT2D eigenvalue weighted by Crippen LogP contribution is -2.50. The van der Waals surface area contributed by atoms with Gasteiger partial charge in [-0.15, -0.1) is 0 Å². The van der Waals surface area contributed by atoms with Crippen molar-refractivity contribution in [3.8, 4) is 0 Å². The first-order valence-corrected chi connectivity index (χ1v) is 8.97. The number of hydrogen-bond acceptors (Lipinski definition) is 3. The van der Waals surface area contributed by atoms with Crippen LogP contribution >= 0.6 is 0 Å². The smallest absolute Gasteiger partial charge is 0.253 e. The zero-order chi connectivity index (χ0) is 17.9. The minimum absolute atomic E-state index is 0.0366. The van der Waals surface area contributed by atoms with Crippen molar-refractivity contribution in [1.82, 2.24) is 9.80 Å². The van der Waals surface area contributed by atoms with Gasteiger partial charge in [-0.1, -0.05) is 36.4 Å². The van der Waals surface area contributed by atoms with Crippen LogP contribution in [0.3, 0.4) is 0 Å². The molecule has 2 aliphatic heterocycles. The second-order valence-electron chi connectivity index (χ2n) is 6.69. The van der Waals surface area contributed by atoms with E-state index < -0.39 is 0 Å². The van der Waals surface area contributed by atoms with E-state index >= 15 is 0 Å². The number of amides is 2. The van der Waals surface area contributed by atoms with Gasteiger partial charge in [-0.05, 0) is 23.8 Å². The third-order valence-corrected chi connectivity index (χ3v) is 5.06. The number of piperazine rings is 1. The van der Waals surface area contributed by atoms with Crippen LogP contribution in [0.5, 0.6) is 0 Å². The summed E-state index contributed by atoms with van der Waals surface area (Å²) in [5.41, 5.74) is 2.79. The van der Waals surface area contributed by atoms with E-state index in [1.54, 1.807) is 0 Å². The van der Waals surface area contributed by atoms with Crippen molar-refractivity contribution in [1.29, 1.82) is 0 Å². The van der Waals surface area contributed by atoms with Crippen LogP contribution in [0.25, 0.3) is 0 Å². The molecule has 2 heterocycles. The van der Waals surface area contributed by atoms with Gasteiger partial charge in [-0.2, -0.15) is 0 Å². The van der Waals surface area contributed by atoms with E-state index in [0.717, 1.165) is 11.3 Å². The van der Waals surface area contributed by atoms with Crippen LogP contribution in [0.15, 0.2) is 59.6 Å². The Morgan fingerprint density at radius 1 is 0.885 bits per heavy atom. The molecule has 0 N–H and O–H groups in total. The van der Waals surface area contributed by atoms with Gasteiger partial charge >= 0.3 is 0 Å². The van der Waals surface area contributed by atoms with Crippen molar-refractivity contribution in [3.63, 3.8) is 0 Å². The van der Waals surface area contributed by atoms with Gasteiger partial charge in [0.25, 0.3) is 5.91 Å². The molecule has 5 heteroatoms. The Labute approximate surface area is 152 Å². The van der Waals surface area contributed by atoms with E-state index in [2.05, 4.69) is 4.99 Å². The molecule has 132 valence electrons. The number of carbonyl (C=O) groups is 2. The number of carbonyl (C=O) groups excluding carboxylic acids is 2. The molecule has 0 saturated carbocycles. The maximum absolute atomic E-state index is 12.7. The van der Waals surface area contributed by atoms with Gasteiger partial charge < -0.3 is 9.80 Å². The monoisotopic (exact) mass is 347 g/mol. The van der Waals surface area contributed by atoms with E-state index in [0.29, 0.717) is 38.2 Å². The fraction of sp³-hybridized carbons (Fsp3) is 0.286. The summed E-state index contributed by atoms with van der Waals surface area (Å²) < 4.78 is 0. The van der Waals surface area contributed by atoms with Gasteiger partial charge in [0.15, 0.2) is 0 Å². The summed E-state index contributed by atoms with van der Waals surface area (Å²) >= 11 is 0. The van der Waals surface area contributed by atoms with E-state index in [-0.39, 0.29) is 17.7 Å². The number of hydrogen-bond donors (Lipinski definition) is 0. The molecular formula is C21H21N3O2. The first kappa shape index (κ1) is 16.5. The summed E-state index contributed by atoms with van der Waals surface area (Å²) in [6.07, 6.45) is 2.31. The topological polar surface area (TPSA) is 53.0 Å². The van der Waals surface area contributed by atoms with Gasteiger partial charge in [0, 0.05) is 50.3 Å². The van der Waals surface area contributed by atoms with Crippen molar-refractivity contribution >= 4 is 23.7 Å². The minimum Gasteiger partial charge on any atom is -0.339 e. The van der Waals surface area contributed by atoms with Crippen molar-refractivity contribution in [3.05, 3.63) is 65.7 Å². The average molecular weight is 347 g/mol. The maximum atomic E-state index is 12.7. The predicted molar refractivity (Wildman–Crippen MR) is 101 cm³/mol. The van der Waals surface area contributed by atoms with Crippen LogP contribution in [0, 0.1) is 0 Å². The van der Waals surface area contributed by atoms with Crippen LogP contribution in [0.1, 0.15) is 28.3 Å². The third kappa shape index (κ3) is 3.25. The third-order valence-electron chi connectivity index (χ3n) is 5.06. The molecule has 1 unspecified atom stereocenters. The molecule has 0 radical (unpaired) electrons. The number of aliphatic imine (C=N–C) groups is 1. The summed E-state index contributed by atoms with van der Waals surface area (Å²) in [7, 11) is 0. The number of nitrogens with zero attached hydrogens (tertiary/aromatic N) is 3. The normalized spacial score (nSPS) is 18.7. The summed E-state index contributed by atoms with van der Waals surface area (Å²) in [5.74, 6) is 0.224. The molecule has 2 aromatic carbocycles. The Bertz CT molecular complexity index is 839. The predicted octanol–water partition coefficient (Wildman–Crippen LogP) is 2.86. The molecule has 4 rings (SSSR count). The lowest BCUT2D eigenvalue weighted by Gasteiger charge is -2.35. The van der Waals surface area contributed by atoms with Crippen molar-refractivity contribution in [2.24, 2.45) is 4.99 Å². The highest BCUT2D eigenvalue weighted by Gasteiger charge is 2.28. The fourth-order valence-electron chi connectivity index (χ4n) is 3.57. The second-order valence-corrected chi connectivity index (χ2v) is 6.69. The Morgan fingerprint density at radius 2 is 1.54 bits per heavy atom. The molecule has 1 fully saturated rings. The number of rotatable bonds is 3. The molecular weight excluding hydrogens is 326 g/mol. The quantitative estimate of drug-likeness (QED) is 0.857. The molecule has 5 nitrogen and oxygen atoms in total. The molecule has 0 aromatic heterocycles. The van der Waals surface area contributed by atoms with Gasteiger partial charge in [0.1, 0.15) is 0 Å². The lowest BCUT2D eigenvalue weighted by atomic mass is 9.97. The second kappa shape index (κ2) is 7.12. The Balaban J connectivity index is 1.33. The molecule has 26 heavy (non-hydrogen) atoms.